The van der Waals surface area contributed by atoms with Crippen LogP contribution in [0.4, 0.5) is 0 Å². The molecule has 1 N–H and O–H groups in total. The van der Waals surface area contributed by atoms with Gasteiger partial charge in [0.15, 0.2) is 0 Å². The van der Waals surface area contributed by atoms with Crippen LogP contribution >= 0.6 is 0 Å². The van der Waals surface area contributed by atoms with Gasteiger partial charge >= 0.3 is 18.9 Å². The molecule has 0 atom stereocenters. The summed E-state index contributed by atoms with van der Waals surface area (Å²) in [5.41, 5.74) is 2.08. The van der Waals surface area contributed by atoms with Crippen LogP contribution in [0, 0.1) is 0 Å². The zero-order chi connectivity index (χ0) is 11.2. The van der Waals surface area contributed by atoms with Crippen molar-refractivity contribution < 1.29 is 23.8 Å². The molecule has 4 rings (SSSR count). The summed E-state index contributed by atoms with van der Waals surface area (Å²) in [6.45, 7) is 0. The van der Waals surface area contributed by atoms with Crippen molar-refractivity contribution in [2.45, 2.75) is 0 Å². The van der Waals surface area contributed by atoms with E-state index in [9.17, 15) is 0 Å². The first-order chi connectivity index (χ1) is 8.45. The third-order valence-electron chi connectivity index (χ3n) is 3.17. The molecule has 0 unspecified atom stereocenters. The van der Waals surface area contributed by atoms with Crippen LogP contribution in [0.5, 0.6) is 0 Å². The van der Waals surface area contributed by atoms with Crippen LogP contribution in [-0.2, 0) is 0 Å². The number of nitrogens with one attached hydrogen (secondary N) is 1. The summed E-state index contributed by atoms with van der Waals surface area (Å²) in [7, 11) is 0. The second-order valence-corrected chi connectivity index (χ2v) is 4.10. The number of nitrogens with zero attached hydrogens (tertiary/aromatic N) is 2. The molecule has 0 saturated carbocycles. The third kappa shape index (κ3) is 1.38. The van der Waals surface area contributed by atoms with Gasteiger partial charge in [-0.3, -0.25) is 0 Å². The van der Waals surface area contributed by atoms with E-state index in [1.807, 2.05) is 24.7 Å². The quantitative estimate of drug-likeness (QED) is 0.293. The van der Waals surface area contributed by atoms with Gasteiger partial charge in [-0.15, -0.1) is 0 Å². The molecule has 0 spiro atoms. The Labute approximate surface area is 116 Å². The Morgan fingerprint density at radius 3 is 2.61 bits per heavy atom. The summed E-state index contributed by atoms with van der Waals surface area (Å²) in [5, 5.41) is 3.64. The fourth-order valence-corrected chi connectivity index (χ4v) is 2.44. The van der Waals surface area contributed by atoms with Crippen molar-refractivity contribution >= 4 is 27.5 Å². The number of aromatic amines is 1. The van der Waals surface area contributed by atoms with E-state index < -0.39 is 0 Å². The maximum Gasteiger partial charge on any atom is 1.00 e. The van der Waals surface area contributed by atoms with E-state index in [-0.39, 0.29) is 18.9 Å². The summed E-state index contributed by atoms with van der Waals surface area (Å²) in [6.07, 6.45) is 5.76. The third-order valence-corrected chi connectivity index (χ3v) is 3.17. The predicted octanol–water partition coefficient (Wildman–Crippen LogP) is -0.541. The molecule has 0 fully saturated rings. The molecule has 0 aliphatic rings. The SMILES string of the molecule is [Li+].c1ccc2c(c1)c1ccc[nH+]c1n1ccnc21. The first kappa shape index (κ1) is 11.3. The number of fused-ring (bicyclic) bond motifs is 6. The van der Waals surface area contributed by atoms with E-state index in [0.717, 1.165) is 11.3 Å². The number of H-pyrrole nitrogens is 1. The number of aromatic nitrogens is 3. The Hall–Kier alpha value is -1.82. The van der Waals surface area contributed by atoms with Gasteiger partial charge in [0, 0.05) is 5.39 Å². The minimum absolute atomic E-state index is 0. The molecule has 4 aromatic rings. The van der Waals surface area contributed by atoms with Crippen LogP contribution in [0.2, 0.25) is 0 Å². The zero-order valence-corrected chi connectivity index (χ0v) is 10.1. The summed E-state index contributed by atoms with van der Waals surface area (Å²) in [6, 6.07) is 12.5. The number of hydrogen-bond donors (Lipinski definition) is 0. The first-order valence-electron chi connectivity index (χ1n) is 5.59. The Bertz CT molecular complexity index is 781. The van der Waals surface area contributed by atoms with Crippen LogP contribution in [-0.4, -0.2) is 9.38 Å². The van der Waals surface area contributed by atoms with E-state index in [1.54, 1.807) is 0 Å². The zero-order valence-electron chi connectivity index (χ0n) is 10.1. The van der Waals surface area contributed by atoms with E-state index in [1.165, 1.54) is 16.2 Å². The largest absolute Gasteiger partial charge is 1.00 e. The van der Waals surface area contributed by atoms with E-state index in [4.69, 9.17) is 0 Å². The Balaban J connectivity index is 0.000001000. The van der Waals surface area contributed by atoms with E-state index in [0.29, 0.717) is 0 Å². The van der Waals surface area contributed by atoms with Crippen molar-refractivity contribution in [2.24, 2.45) is 0 Å². The fourth-order valence-electron chi connectivity index (χ4n) is 2.44. The molecular weight excluding hydrogens is 217 g/mol. The van der Waals surface area contributed by atoms with Crippen molar-refractivity contribution in [3.8, 4) is 0 Å². The second kappa shape index (κ2) is 4.13. The van der Waals surface area contributed by atoms with Gasteiger partial charge in [-0.2, -0.15) is 4.40 Å². The number of rotatable bonds is 0. The van der Waals surface area contributed by atoms with Crippen molar-refractivity contribution in [1.82, 2.24) is 9.38 Å². The number of benzene rings is 1. The molecule has 18 heavy (non-hydrogen) atoms. The van der Waals surface area contributed by atoms with Gasteiger partial charge in [0.05, 0.1) is 23.2 Å². The molecule has 0 aliphatic heterocycles. The van der Waals surface area contributed by atoms with Crippen molar-refractivity contribution in [3.05, 3.63) is 55.0 Å². The summed E-state index contributed by atoms with van der Waals surface area (Å²) < 4.78 is 2.09. The number of pyridine rings is 2. The molecule has 0 bridgehead atoms. The van der Waals surface area contributed by atoms with Gasteiger partial charge in [0.1, 0.15) is 6.20 Å². The Morgan fingerprint density at radius 2 is 1.72 bits per heavy atom. The van der Waals surface area contributed by atoms with Gasteiger partial charge in [-0.05, 0) is 18.2 Å². The smallest absolute Gasteiger partial charge is 0.246 e. The van der Waals surface area contributed by atoms with Gasteiger partial charge in [-0.25, -0.2) is 9.97 Å². The standard InChI is InChI=1S/C14H9N3.Li/c1-2-5-11-10(4-1)12-6-3-7-15-13(12)17-9-8-16-14(11)17;/h1-9H;/q;+1/p+1. The molecule has 0 aliphatic carbocycles. The monoisotopic (exact) mass is 227 g/mol. The summed E-state index contributed by atoms with van der Waals surface area (Å²) in [5.74, 6) is 0. The molecule has 3 aromatic heterocycles. The topological polar surface area (TPSA) is 31.4 Å². The molecular formula is C14H10LiN3+2. The molecule has 80 valence electrons. The molecule has 4 heteroatoms. The maximum absolute atomic E-state index is 4.44. The average molecular weight is 227 g/mol. The molecule has 0 saturated heterocycles. The molecule has 1 aromatic carbocycles. The van der Waals surface area contributed by atoms with Gasteiger partial charge in [0.25, 0.3) is 5.65 Å². The molecule has 0 radical (unpaired) electrons. The van der Waals surface area contributed by atoms with Crippen LogP contribution in [0.25, 0.3) is 27.5 Å². The normalized spacial score (nSPS) is 10.9. The minimum Gasteiger partial charge on any atom is -0.246 e. The van der Waals surface area contributed by atoms with Gasteiger partial charge in [-0.1, -0.05) is 18.2 Å². The van der Waals surface area contributed by atoms with Gasteiger partial charge in [0.2, 0.25) is 5.65 Å². The fraction of sp³-hybridized carbons (Fsp3) is 0. The van der Waals surface area contributed by atoms with E-state index >= 15 is 0 Å². The number of imidazole rings is 1. The predicted molar refractivity (Wildman–Crippen MR) is 66.8 cm³/mol. The first-order valence-corrected chi connectivity index (χ1v) is 5.59. The Morgan fingerprint density at radius 1 is 0.944 bits per heavy atom. The summed E-state index contributed by atoms with van der Waals surface area (Å²) in [4.78, 5) is 7.73. The number of hydrogen-bond acceptors (Lipinski definition) is 1. The van der Waals surface area contributed by atoms with Crippen LogP contribution in [0.1, 0.15) is 0 Å². The molecule has 0 amide bonds. The maximum atomic E-state index is 4.44. The van der Waals surface area contributed by atoms with Crippen LogP contribution < -0.4 is 23.8 Å². The van der Waals surface area contributed by atoms with Crippen LogP contribution in [0.3, 0.4) is 0 Å². The van der Waals surface area contributed by atoms with Crippen molar-refractivity contribution in [3.63, 3.8) is 0 Å². The van der Waals surface area contributed by atoms with Crippen molar-refractivity contribution in [1.29, 1.82) is 0 Å². The molecule has 3 nitrogen and oxygen atoms in total. The van der Waals surface area contributed by atoms with Crippen LogP contribution in [0.15, 0.2) is 55.0 Å². The van der Waals surface area contributed by atoms with Crippen molar-refractivity contribution in [2.75, 3.05) is 0 Å². The van der Waals surface area contributed by atoms with Gasteiger partial charge < -0.3 is 0 Å². The average Bonchev–Trinajstić information content (AvgIpc) is 2.89. The van der Waals surface area contributed by atoms with E-state index in [2.05, 4.69) is 44.7 Å². The minimum atomic E-state index is 0. The second-order valence-electron chi connectivity index (χ2n) is 4.10. The molecule has 3 heterocycles. The Kier molecular flexibility index (Phi) is 2.59. The summed E-state index contributed by atoms with van der Waals surface area (Å²) >= 11 is 0.